The third-order valence-electron chi connectivity index (χ3n) is 9.03. The van der Waals surface area contributed by atoms with Crippen LogP contribution in [0.15, 0.2) is 57.8 Å². The Morgan fingerprint density at radius 2 is 1.91 bits per heavy atom. The van der Waals surface area contributed by atoms with Crippen molar-refractivity contribution in [1.29, 1.82) is 0 Å². The topological polar surface area (TPSA) is 96.8 Å². The van der Waals surface area contributed by atoms with E-state index in [-0.39, 0.29) is 17.4 Å². The van der Waals surface area contributed by atoms with E-state index >= 15 is 0 Å². The van der Waals surface area contributed by atoms with Crippen LogP contribution in [0.4, 0.5) is 4.79 Å². The van der Waals surface area contributed by atoms with Crippen molar-refractivity contribution in [2.75, 3.05) is 18.8 Å². The van der Waals surface area contributed by atoms with Gasteiger partial charge in [0.05, 0.1) is 11.4 Å². The van der Waals surface area contributed by atoms with Gasteiger partial charge in [-0.2, -0.15) is 0 Å². The number of fused-ring (bicyclic) bond motifs is 3. The molecule has 6 rings (SSSR count). The van der Waals surface area contributed by atoms with Crippen LogP contribution >= 0.6 is 11.8 Å². The summed E-state index contributed by atoms with van der Waals surface area (Å²) in [7, 11) is 0. The minimum Gasteiger partial charge on any atom is -0.444 e. The highest BCUT2D eigenvalue weighted by Crippen LogP contribution is 2.56. The number of rotatable bonds is 5. The molecule has 0 bridgehead atoms. The molecule has 4 aliphatic rings. The number of ether oxygens (including phenoxy) is 1. The quantitative estimate of drug-likeness (QED) is 0.362. The Kier molecular flexibility index (Phi) is 8.74. The van der Waals surface area contributed by atoms with Crippen molar-refractivity contribution in [3.63, 3.8) is 0 Å². The molecule has 1 saturated carbocycles. The second-order valence-corrected chi connectivity index (χ2v) is 15.9. The van der Waals surface area contributed by atoms with Gasteiger partial charge in [0, 0.05) is 47.6 Å². The number of allylic oxidation sites excluding steroid dienone is 2. The normalized spacial score (nSPS) is 21.1. The summed E-state index contributed by atoms with van der Waals surface area (Å²) in [6.45, 7) is 15.9. The van der Waals surface area contributed by atoms with Crippen molar-refractivity contribution < 1.29 is 14.3 Å². The van der Waals surface area contributed by atoms with E-state index in [1.165, 1.54) is 21.6 Å². The lowest BCUT2D eigenvalue weighted by Crippen LogP contribution is -2.39. The molecule has 46 heavy (non-hydrogen) atoms. The van der Waals surface area contributed by atoms with Gasteiger partial charge in [-0.15, -0.1) is 11.8 Å². The summed E-state index contributed by atoms with van der Waals surface area (Å²) in [6.07, 6.45) is 10.7. The van der Waals surface area contributed by atoms with Crippen molar-refractivity contribution in [3.8, 4) is 11.3 Å². The van der Waals surface area contributed by atoms with Gasteiger partial charge in [0.1, 0.15) is 17.6 Å². The van der Waals surface area contributed by atoms with Crippen LogP contribution in [0.3, 0.4) is 0 Å². The molecular weight excluding hydrogens is 595 g/mol. The number of benzene rings is 1. The summed E-state index contributed by atoms with van der Waals surface area (Å²) in [5.74, 6) is 1.50. The molecule has 2 amide bonds. The van der Waals surface area contributed by atoms with Crippen LogP contribution in [0, 0.1) is 18.3 Å². The van der Waals surface area contributed by atoms with Gasteiger partial charge in [-0.25, -0.2) is 14.8 Å². The largest absolute Gasteiger partial charge is 0.444 e. The number of carbonyl (C=O) groups is 2. The van der Waals surface area contributed by atoms with Crippen molar-refractivity contribution in [3.05, 3.63) is 75.2 Å². The highest BCUT2D eigenvalue weighted by atomic mass is 32.2. The van der Waals surface area contributed by atoms with Gasteiger partial charge < -0.3 is 15.0 Å². The lowest BCUT2D eigenvalue weighted by Gasteiger charge is -2.30. The number of carbonyl (C=O) groups excluding carboxylic acids is 2. The molecule has 1 fully saturated rings. The van der Waals surface area contributed by atoms with Crippen molar-refractivity contribution >= 4 is 35.6 Å². The number of hydrogen-bond acceptors (Lipinski definition) is 7. The molecule has 1 aromatic carbocycles. The van der Waals surface area contributed by atoms with Gasteiger partial charge in [-0.3, -0.25) is 9.79 Å². The van der Waals surface area contributed by atoms with Crippen LogP contribution < -0.4 is 5.32 Å². The first kappa shape index (κ1) is 32.2. The number of nitrogens with zero attached hydrogens (tertiary/aromatic N) is 4. The maximum absolute atomic E-state index is 12.9. The zero-order valence-corrected chi connectivity index (χ0v) is 28.9. The molecule has 9 heteroatoms. The molecule has 2 aromatic rings. The molecule has 2 aliphatic heterocycles. The molecule has 2 atom stereocenters. The van der Waals surface area contributed by atoms with Crippen LogP contribution in [-0.2, 0) is 16.1 Å². The van der Waals surface area contributed by atoms with Crippen LogP contribution in [0.25, 0.3) is 17.3 Å². The van der Waals surface area contributed by atoms with E-state index in [0.29, 0.717) is 42.9 Å². The first-order valence-corrected chi connectivity index (χ1v) is 17.3. The maximum Gasteiger partial charge on any atom is 0.410 e. The van der Waals surface area contributed by atoms with Gasteiger partial charge in [-0.05, 0) is 98.6 Å². The van der Waals surface area contributed by atoms with E-state index in [2.05, 4.69) is 68.4 Å². The average Bonchev–Trinajstić information content (AvgIpc) is 3.78. The fourth-order valence-corrected chi connectivity index (χ4v) is 7.40. The summed E-state index contributed by atoms with van der Waals surface area (Å²) < 4.78 is 5.58. The van der Waals surface area contributed by atoms with Gasteiger partial charge in [0.2, 0.25) is 0 Å². The fourth-order valence-electron chi connectivity index (χ4n) is 6.34. The summed E-state index contributed by atoms with van der Waals surface area (Å²) >= 11 is 1.69. The van der Waals surface area contributed by atoms with Crippen LogP contribution in [0.2, 0.25) is 0 Å². The summed E-state index contributed by atoms with van der Waals surface area (Å²) in [5, 5.41) is 3.07. The van der Waals surface area contributed by atoms with E-state index in [9.17, 15) is 9.59 Å². The number of amides is 2. The second-order valence-electron chi connectivity index (χ2n) is 14.8. The summed E-state index contributed by atoms with van der Waals surface area (Å²) in [6, 6.07) is 6.39. The van der Waals surface area contributed by atoms with E-state index < -0.39 is 5.60 Å². The fraction of sp³-hybridized carbons (Fsp3) is 0.486. The molecule has 2 aliphatic carbocycles. The Morgan fingerprint density at radius 1 is 1.11 bits per heavy atom. The Labute approximate surface area is 276 Å². The van der Waals surface area contributed by atoms with Gasteiger partial charge in [0.25, 0.3) is 5.91 Å². The van der Waals surface area contributed by atoms with Crippen molar-refractivity contribution in [1.82, 2.24) is 20.2 Å². The van der Waals surface area contributed by atoms with Crippen molar-refractivity contribution in [2.45, 2.75) is 85.8 Å². The lowest BCUT2D eigenvalue weighted by molar-refractivity contribution is -0.115. The third kappa shape index (κ3) is 7.14. The minimum absolute atomic E-state index is 0.0378. The van der Waals surface area contributed by atoms with E-state index in [0.717, 1.165) is 47.3 Å². The number of aryl methyl sites for hydroxylation is 1. The molecule has 8 nitrogen and oxygen atoms in total. The van der Waals surface area contributed by atoms with E-state index in [1.54, 1.807) is 23.0 Å². The smallest absolute Gasteiger partial charge is 0.410 e. The summed E-state index contributed by atoms with van der Waals surface area (Å²) in [5.41, 5.74) is 9.24. The molecule has 0 radical (unpaired) electrons. The van der Waals surface area contributed by atoms with Crippen molar-refractivity contribution in [2.24, 2.45) is 16.3 Å². The van der Waals surface area contributed by atoms with E-state index in [4.69, 9.17) is 14.7 Å². The van der Waals surface area contributed by atoms with Crippen LogP contribution in [0.5, 0.6) is 0 Å². The molecular formula is C37H45N5O3S. The molecule has 242 valence electrons. The zero-order chi connectivity index (χ0) is 32.8. The third-order valence-corrected chi connectivity index (χ3v) is 10.5. The average molecular weight is 640 g/mol. The standard InChI is InChI=1S/C37H45N5O3S/c1-22-14-24(8-9-25(22)18-39-34(43)30-20-46-31(19-38-30)36(2,3)4)33-32-28-16-27(28)15-26(17-29(32)40-21-41-33)23-10-12-42(13-11-23)35(44)45-37(5,6)7/h8-10,14,17,19,21,27-28H,11-13,15-16,18,20H2,1-7H3,(H,39,43). The molecule has 3 heterocycles. The zero-order valence-electron chi connectivity index (χ0n) is 28.1. The SMILES string of the molecule is Cc1cc(-c2ncnc3c2C2CC2CC(C2=CCN(C(=O)OC(C)(C)C)CC2)=C3)ccc1CNC(=O)C1=NC=C(C(C)(C)C)SC1. The molecule has 1 N–H and O–H groups in total. The number of aromatic nitrogens is 2. The van der Waals surface area contributed by atoms with Crippen LogP contribution in [-0.4, -0.2) is 57.0 Å². The highest BCUT2D eigenvalue weighted by Gasteiger charge is 2.44. The maximum atomic E-state index is 12.9. The first-order valence-electron chi connectivity index (χ1n) is 16.3. The lowest BCUT2D eigenvalue weighted by atomic mass is 9.94. The predicted octanol–water partition coefficient (Wildman–Crippen LogP) is 7.60. The monoisotopic (exact) mass is 639 g/mol. The van der Waals surface area contributed by atoms with Gasteiger partial charge in [-0.1, -0.05) is 39.0 Å². The molecule has 0 spiro atoms. The number of thioether (sulfide) groups is 1. The first-order chi connectivity index (χ1) is 21.8. The minimum atomic E-state index is -0.500. The predicted molar refractivity (Wildman–Crippen MR) is 185 cm³/mol. The molecule has 0 saturated heterocycles. The van der Waals surface area contributed by atoms with E-state index in [1.807, 2.05) is 27.0 Å². The number of hydrogen-bond donors (Lipinski definition) is 1. The Balaban J connectivity index is 1.17. The van der Waals surface area contributed by atoms with Gasteiger partial charge >= 0.3 is 6.09 Å². The van der Waals surface area contributed by atoms with Crippen LogP contribution in [0.1, 0.15) is 89.1 Å². The Hall–Kier alpha value is -3.72. The number of nitrogens with one attached hydrogen (secondary N) is 1. The molecule has 1 aromatic heterocycles. The second kappa shape index (κ2) is 12.5. The van der Waals surface area contributed by atoms with Gasteiger partial charge in [0.15, 0.2) is 0 Å². The Morgan fingerprint density at radius 3 is 2.57 bits per heavy atom. The number of aliphatic imine (C=N–C) groups is 1. The Bertz CT molecular complexity index is 1690. The summed E-state index contributed by atoms with van der Waals surface area (Å²) in [4.78, 5) is 42.4. The highest BCUT2D eigenvalue weighted by molar-refractivity contribution is 8.03. The molecule has 2 unspecified atom stereocenters.